The minimum Gasteiger partial charge on any atom is -0.342 e. The highest BCUT2D eigenvalue weighted by atomic mass is 32.1. The minimum absolute atomic E-state index is 0.0110. The molecule has 1 N–H and O–H groups in total. The maximum absolute atomic E-state index is 12.3. The molecular weight excluding hydrogens is 300 g/mol. The van der Waals surface area contributed by atoms with Gasteiger partial charge in [0.05, 0.1) is 0 Å². The first-order valence-corrected chi connectivity index (χ1v) is 8.63. The first kappa shape index (κ1) is 16.9. The van der Waals surface area contributed by atoms with E-state index in [1.165, 1.54) is 11.3 Å². The molecule has 1 aromatic rings. The smallest absolute Gasteiger partial charge is 0.229 e. The van der Waals surface area contributed by atoms with E-state index in [-0.39, 0.29) is 23.7 Å². The molecule has 0 bridgehead atoms. The number of nitrogens with zero attached hydrogens (tertiary/aromatic N) is 3. The molecule has 1 aromatic heterocycles. The summed E-state index contributed by atoms with van der Waals surface area (Å²) in [5, 5.41) is 12.4. The Morgan fingerprint density at radius 1 is 1.18 bits per heavy atom. The van der Waals surface area contributed by atoms with E-state index in [1.54, 1.807) is 0 Å². The van der Waals surface area contributed by atoms with Gasteiger partial charge in [0.15, 0.2) is 0 Å². The van der Waals surface area contributed by atoms with Crippen LogP contribution in [0.15, 0.2) is 0 Å². The second-order valence-electron chi connectivity index (χ2n) is 6.34. The Morgan fingerprint density at radius 2 is 1.82 bits per heavy atom. The number of piperidine rings is 1. The molecule has 2 amide bonds. The Labute approximate surface area is 135 Å². The van der Waals surface area contributed by atoms with E-state index in [0.717, 1.165) is 5.01 Å². The highest BCUT2D eigenvalue weighted by molar-refractivity contribution is 7.15. The molecule has 0 spiro atoms. The molecule has 1 aliphatic rings. The van der Waals surface area contributed by atoms with Gasteiger partial charge in [-0.3, -0.25) is 9.59 Å². The molecule has 0 atom stereocenters. The molecule has 1 saturated heterocycles. The summed E-state index contributed by atoms with van der Waals surface area (Å²) < 4.78 is 0. The molecule has 0 unspecified atom stereocenters. The summed E-state index contributed by atoms with van der Waals surface area (Å²) in [6.07, 6.45) is 1.42. The van der Waals surface area contributed by atoms with Crippen LogP contribution in [0.3, 0.4) is 0 Å². The van der Waals surface area contributed by atoms with Gasteiger partial charge in [-0.15, -0.1) is 10.2 Å². The molecule has 2 heterocycles. The van der Waals surface area contributed by atoms with Crippen molar-refractivity contribution in [2.24, 2.45) is 11.8 Å². The average molecular weight is 324 g/mol. The first-order chi connectivity index (χ1) is 10.4. The number of nitrogens with one attached hydrogen (secondary N) is 1. The predicted octanol–water partition coefficient (Wildman–Crippen LogP) is 2.49. The summed E-state index contributed by atoms with van der Waals surface area (Å²) in [4.78, 5) is 26.1. The van der Waals surface area contributed by atoms with Crippen LogP contribution in [0.1, 0.15) is 51.5 Å². The molecule has 2 rings (SSSR count). The van der Waals surface area contributed by atoms with Gasteiger partial charge in [-0.1, -0.05) is 39.0 Å². The van der Waals surface area contributed by atoms with E-state index in [2.05, 4.69) is 15.5 Å². The molecule has 0 saturated carbocycles. The summed E-state index contributed by atoms with van der Waals surface area (Å²) in [7, 11) is 0. The molecule has 0 radical (unpaired) electrons. The molecule has 22 heavy (non-hydrogen) atoms. The zero-order valence-electron chi connectivity index (χ0n) is 13.6. The Kier molecular flexibility index (Phi) is 5.50. The number of hydrogen-bond donors (Lipinski definition) is 1. The zero-order chi connectivity index (χ0) is 16.3. The Bertz CT molecular complexity index is 533. The quantitative estimate of drug-likeness (QED) is 0.923. The Morgan fingerprint density at radius 3 is 2.32 bits per heavy atom. The average Bonchev–Trinajstić information content (AvgIpc) is 2.95. The molecule has 6 nitrogen and oxygen atoms in total. The van der Waals surface area contributed by atoms with Gasteiger partial charge >= 0.3 is 0 Å². The second-order valence-corrected chi connectivity index (χ2v) is 7.35. The van der Waals surface area contributed by atoms with Gasteiger partial charge in [0, 0.05) is 30.8 Å². The summed E-state index contributed by atoms with van der Waals surface area (Å²) in [6.45, 7) is 9.22. The largest absolute Gasteiger partial charge is 0.342 e. The lowest BCUT2D eigenvalue weighted by atomic mass is 9.95. The normalized spacial score (nSPS) is 16.4. The Balaban J connectivity index is 1.85. The first-order valence-electron chi connectivity index (χ1n) is 7.81. The van der Waals surface area contributed by atoms with Crippen molar-refractivity contribution in [2.45, 2.75) is 46.5 Å². The number of amides is 2. The monoisotopic (exact) mass is 324 g/mol. The third-order valence-electron chi connectivity index (χ3n) is 3.84. The number of carbonyl (C=O) groups is 2. The van der Waals surface area contributed by atoms with E-state index >= 15 is 0 Å². The topological polar surface area (TPSA) is 75.2 Å². The van der Waals surface area contributed by atoms with Crippen LogP contribution in [-0.4, -0.2) is 40.0 Å². The number of hydrogen-bond acceptors (Lipinski definition) is 5. The number of likely N-dealkylation sites (tertiary alicyclic amines) is 1. The van der Waals surface area contributed by atoms with E-state index in [9.17, 15) is 9.59 Å². The van der Waals surface area contributed by atoms with Gasteiger partial charge in [0.1, 0.15) is 5.01 Å². The summed E-state index contributed by atoms with van der Waals surface area (Å²) in [5.41, 5.74) is 0. The van der Waals surface area contributed by atoms with Crippen LogP contribution in [0.25, 0.3) is 0 Å². The van der Waals surface area contributed by atoms with Gasteiger partial charge in [0.2, 0.25) is 16.9 Å². The van der Waals surface area contributed by atoms with Gasteiger partial charge < -0.3 is 10.2 Å². The number of rotatable bonds is 4. The molecule has 0 aliphatic carbocycles. The fourth-order valence-electron chi connectivity index (χ4n) is 2.45. The highest BCUT2D eigenvalue weighted by Gasteiger charge is 2.28. The molecule has 1 fully saturated rings. The predicted molar refractivity (Wildman–Crippen MR) is 86.8 cm³/mol. The van der Waals surface area contributed by atoms with Crippen molar-refractivity contribution in [1.82, 2.24) is 15.1 Å². The summed E-state index contributed by atoms with van der Waals surface area (Å²) >= 11 is 1.42. The van der Waals surface area contributed by atoms with Crippen LogP contribution in [0, 0.1) is 11.8 Å². The van der Waals surface area contributed by atoms with Crippen molar-refractivity contribution in [3.8, 4) is 0 Å². The van der Waals surface area contributed by atoms with Crippen LogP contribution in [0.5, 0.6) is 0 Å². The fourth-order valence-corrected chi connectivity index (χ4v) is 3.20. The van der Waals surface area contributed by atoms with E-state index in [1.807, 2.05) is 32.6 Å². The van der Waals surface area contributed by atoms with Crippen molar-refractivity contribution in [1.29, 1.82) is 0 Å². The van der Waals surface area contributed by atoms with Crippen LogP contribution in [-0.2, 0) is 9.59 Å². The third kappa shape index (κ3) is 4.03. The van der Waals surface area contributed by atoms with Gasteiger partial charge in [-0.05, 0) is 12.8 Å². The zero-order valence-corrected chi connectivity index (χ0v) is 14.4. The second kappa shape index (κ2) is 7.17. The highest BCUT2D eigenvalue weighted by Crippen LogP contribution is 2.25. The van der Waals surface area contributed by atoms with Crippen molar-refractivity contribution >= 4 is 28.3 Å². The van der Waals surface area contributed by atoms with Crippen LogP contribution >= 0.6 is 11.3 Å². The van der Waals surface area contributed by atoms with Crippen LogP contribution < -0.4 is 5.32 Å². The lowest BCUT2D eigenvalue weighted by molar-refractivity contribution is -0.137. The van der Waals surface area contributed by atoms with Crippen LogP contribution in [0.2, 0.25) is 0 Å². The van der Waals surface area contributed by atoms with E-state index < -0.39 is 0 Å². The van der Waals surface area contributed by atoms with Gasteiger partial charge in [-0.2, -0.15) is 0 Å². The summed E-state index contributed by atoms with van der Waals surface area (Å²) in [6, 6.07) is 0. The van der Waals surface area contributed by atoms with Crippen molar-refractivity contribution in [3.63, 3.8) is 0 Å². The van der Waals surface area contributed by atoms with Gasteiger partial charge in [0.25, 0.3) is 0 Å². The lowest BCUT2D eigenvalue weighted by Crippen LogP contribution is -2.43. The van der Waals surface area contributed by atoms with Crippen molar-refractivity contribution in [2.75, 3.05) is 18.4 Å². The number of carbonyl (C=O) groups excluding carboxylic acids is 2. The summed E-state index contributed by atoms with van der Waals surface area (Å²) in [5.74, 6) is 0.435. The standard InChI is InChI=1S/C15H24N4O2S/c1-9(2)13-17-18-15(22-13)16-12(20)11-5-7-19(8-6-11)14(21)10(3)4/h9-11H,5-8H2,1-4H3,(H,16,18,20). The SMILES string of the molecule is CC(C)C(=O)N1CCC(C(=O)Nc2nnc(C(C)C)s2)CC1. The molecular formula is C15H24N4O2S. The maximum Gasteiger partial charge on any atom is 0.229 e. The minimum atomic E-state index is -0.0531. The Hall–Kier alpha value is -1.50. The number of anilines is 1. The fraction of sp³-hybridized carbons (Fsp3) is 0.733. The number of aromatic nitrogens is 2. The van der Waals surface area contributed by atoms with Crippen molar-refractivity contribution in [3.05, 3.63) is 5.01 Å². The molecule has 7 heteroatoms. The molecule has 0 aromatic carbocycles. The molecule has 122 valence electrons. The van der Waals surface area contributed by atoms with E-state index in [0.29, 0.717) is 37.0 Å². The van der Waals surface area contributed by atoms with E-state index in [4.69, 9.17) is 0 Å². The van der Waals surface area contributed by atoms with Crippen LogP contribution in [0.4, 0.5) is 5.13 Å². The third-order valence-corrected chi connectivity index (χ3v) is 4.98. The lowest BCUT2D eigenvalue weighted by Gasteiger charge is -2.32. The molecule has 1 aliphatic heterocycles. The van der Waals surface area contributed by atoms with Gasteiger partial charge in [-0.25, -0.2) is 0 Å². The van der Waals surface area contributed by atoms with Crippen molar-refractivity contribution < 1.29 is 9.59 Å². The maximum atomic E-state index is 12.3.